The quantitative estimate of drug-likeness (QED) is 0.591. The zero-order chi connectivity index (χ0) is 9.31. The van der Waals surface area contributed by atoms with Gasteiger partial charge in [-0.2, -0.15) is 0 Å². The highest BCUT2D eigenvalue weighted by Gasteiger charge is 2.42. The number of hydrogen-bond donors (Lipinski definition) is 0. The predicted octanol–water partition coefficient (Wildman–Crippen LogP) is 3.02. The van der Waals surface area contributed by atoms with Crippen molar-refractivity contribution in [2.24, 2.45) is 5.41 Å². The summed E-state index contributed by atoms with van der Waals surface area (Å²) in [6, 6.07) is 0. The van der Waals surface area contributed by atoms with Crippen molar-refractivity contribution >= 4 is 5.78 Å². The second-order valence-electron chi connectivity index (χ2n) is 4.21. The van der Waals surface area contributed by atoms with Crippen molar-refractivity contribution in [3.63, 3.8) is 0 Å². The van der Waals surface area contributed by atoms with E-state index in [0.717, 1.165) is 31.3 Å². The Bertz CT molecular complexity index is 275. The minimum absolute atomic E-state index is 0.205. The van der Waals surface area contributed by atoms with Crippen LogP contribution in [0.2, 0.25) is 0 Å². The lowest BCUT2D eigenvalue weighted by molar-refractivity contribution is -0.114. The van der Waals surface area contributed by atoms with Crippen molar-refractivity contribution in [1.82, 2.24) is 0 Å². The molecule has 0 spiro atoms. The molecule has 1 nitrogen and oxygen atoms in total. The van der Waals surface area contributed by atoms with Crippen LogP contribution in [0.25, 0.3) is 0 Å². The molecule has 0 radical (unpaired) electrons. The Labute approximate surface area is 79.5 Å². The van der Waals surface area contributed by atoms with Crippen molar-refractivity contribution in [3.05, 3.63) is 24.3 Å². The monoisotopic (exact) mass is 176 g/mol. The molecule has 1 saturated carbocycles. The number of ketones is 1. The van der Waals surface area contributed by atoms with E-state index in [0.29, 0.717) is 5.78 Å². The molecule has 0 heterocycles. The third-order valence-corrected chi connectivity index (χ3v) is 3.45. The van der Waals surface area contributed by atoms with Gasteiger partial charge in [-0.25, -0.2) is 0 Å². The summed E-state index contributed by atoms with van der Waals surface area (Å²) < 4.78 is 0. The zero-order valence-corrected chi connectivity index (χ0v) is 8.01. The molecule has 1 heteroatoms. The van der Waals surface area contributed by atoms with Gasteiger partial charge in [0.05, 0.1) is 0 Å². The molecule has 0 aromatic heterocycles. The standard InChI is InChI=1S/C12H16O/c1-2-7-12-8-4-3-5-10(12)11(13)6-9-12/h2,5H,1,3-4,6-9H2. The molecule has 70 valence electrons. The van der Waals surface area contributed by atoms with Crippen molar-refractivity contribution in [3.8, 4) is 0 Å². The van der Waals surface area contributed by atoms with Gasteiger partial charge in [-0.3, -0.25) is 4.79 Å². The van der Waals surface area contributed by atoms with Gasteiger partial charge in [0.2, 0.25) is 0 Å². The second-order valence-corrected chi connectivity index (χ2v) is 4.21. The lowest BCUT2D eigenvalue weighted by Gasteiger charge is -2.31. The molecule has 13 heavy (non-hydrogen) atoms. The molecular formula is C12H16O. The topological polar surface area (TPSA) is 17.1 Å². The Morgan fingerprint density at radius 2 is 2.38 bits per heavy atom. The number of Topliss-reactive ketones (excluding diaryl/α,β-unsaturated/α-hetero) is 1. The summed E-state index contributed by atoms with van der Waals surface area (Å²) in [6.45, 7) is 3.80. The molecule has 0 aromatic carbocycles. The fraction of sp³-hybridized carbons (Fsp3) is 0.583. The van der Waals surface area contributed by atoms with Crippen molar-refractivity contribution in [2.45, 2.75) is 38.5 Å². The first-order valence-corrected chi connectivity index (χ1v) is 5.13. The van der Waals surface area contributed by atoms with Crippen molar-refractivity contribution in [1.29, 1.82) is 0 Å². The van der Waals surface area contributed by atoms with E-state index in [4.69, 9.17) is 0 Å². The third-order valence-electron chi connectivity index (χ3n) is 3.45. The van der Waals surface area contributed by atoms with Crippen molar-refractivity contribution < 1.29 is 4.79 Å². The molecular weight excluding hydrogens is 160 g/mol. The van der Waals surface area contributed by atoms with E-state index < -0.39 is 0 Å². The predicted molar refractivity (Wildman–Crippen MR) is 53.4 cm³/mol. The van der Waals surface area contributed by atoms with Crippen LogP contribution >= 0.6 is 0 Å². The highest BCUT2D eigenvalue weighted by atomic mass is 16.1. The maximum Gasteiger partial charge on any atom is 0.159 e. The van der Waals surface area contributed by atoms with Gasteiger partial charge >= 0.3 is 0 Å². The Kier molecular flexibility index (Phi) is 2.10. The molecule has 1 fully saturated rings. The van der Waals surface area contributed by atoms with Crippen LogP contribution in [-0.4, -0.2) is 5.78 Å². The van der Waals surface area contributed by atoms with Gasteiger partial charge in [-0.15, -0.1) is 6.58 Å². The van der Waals surface area contributed by atoms with Gasteiger partial charge in [0, 0.05) is 11.8 Å². The summed E-state index contributed by atoms with van der Waals surface area (Å²) in [7, 11) is 0. The molecule has 2 aliphatic rings. The van der Waals surface area contributed by atoms with Gasteiger partial charge in [-0.1, -0.05) is 12.2 Å². The number of allylic oxidation sites excluding steroid dienone is 3. The Morgan fingerprint density at radius 3 is 3.15 bits per heavy atom. The van der Waals surface area contributed by atoms with E-state index in [1.807, 2.05) is 6.08 Å². The van der Waals surface area contributed by atoms with Crippen LogP contribution in [0, 0.1) is 5.41 Å². The van der Waals surface area contributed by atoms with Crippen LogP contribution in [0.15, 0.2) is 24.3 Å². The second kappa shape index (κ2) is 3.13. The molecule has 1 unspecified atom stereocenters. The molecule has 0 amide bonds. The average Bonchev–Trinajstić information content (AvgIpc) is 2.46. The summed E-state index contributed by atoms with van der Waals surface area (Å²) in [5.41, 5.74) is 1.33. The normalized spacial score (nSPS) is 32.6. The van der Waals surface area contributed by atoms with Gasteiger partial charge in [0.15, 0.2) is 5.78 Å². The minimum Gasteiger partial charge on any atom is -0.295 e. The van der Waals surface area contributed by atoms with E-state index in [-0.39, 0.29) is 5.41 Å². The summed E-state index contributed by atoms with van der Waals surface area (Å²) in [5.74, 6) is 0.390. The highest BCUT2D eigenvalue weighted by Crippen LogP contribution is 2.50. The van der Waals surface area contributed by atoms with Crippen LogP contribution < -0.4 is 0 Å². The van der Waals surface area contributed by atoms with Crippen molar-refractivity contribution in [2.75, 3.05) is 0 Å². The summed E-state index contributed by atoms with van der Waals surface area (Å²) in [4.78, 5) is 11.6. The molecule has 0 N–H and O–H groups in total. The Morgan fingerprint density at radius 1 is 1.54 bits per heavy atom. The first kappa shape index (κ1) is 8.74. The molecule has 0 aliphatic heterocycles. The molecule has 2 aliphatic carbocycles. The molecule has 0 saturated heterocycles. The fourth-order valence-corrected chi connectivity index (χ4v) is 2.79. The number of hydrogen-bond acceptors (Lipinski definition) is 1. The smallest absolute Gasteiger partial charge is 0.159 e. The van der Waals surface area contributed by atoms with Crippen LogP contribution in [-0.2, 0) is 4.79 Å². The molecule has 2 rings (SSSR count). The number of fused-ring (bicyclic) bond motifs is 1. The lowest BCUT2D eigenvalue weighted by atomic mass is 9.72. The van der Waals surface area contributed by atoms with E-state index in [9.17, 15) is 4.79 Å². The molecule has 0 bridgehead atoms. The largest absolute Gasteiger partial charge is 0.295 e. The SMILES string of the molecule is C=CCC12CCCC=C1C(=O)CC2. The Hall–Kier alpha value is -0.850. The van der Waals surface area contributed by atoms with E-state index in [2.05, 4.69) is 12.7 Å². The highest BCUT2D eigenvalue weighted by molar-refractivity contribution is 5.99. The van der Waals surface area contributed by atoms with Gasteiger partial charge in [0.1, 0.15) is 0 Å². The minimum atomic E-state index is 0.205. The Balaban J connectivity index is 2.33. The van der Waals surface area contributed by atoms with Crippen LogP contribution in [0.3, 0.4) is 0 Å². The fourth-order valence-electron chi connectivity index (χ4n) is 2.79. The van der Waals surface area contributed by atoms with Crippen LogP contribution in [0.1, 0.15) is 38.5 Å². The van der Waals surface area contributed by atoms with E-state index >= 15 is 0 Å². The maximum absolute atomic E-state index is 11.6. The first-order chi connectivity index (χ1) is 6.28. The van der Waals surface area contributed by atoms with Gasteiger partial charge in [0.25, 0.3) is 0 Å². The summed E-state index contributed by atoms with van der Waals surface area (Å²) in [6.07, 6.45) is 10.5. The average molecular weight is 176 g/mol. The van der Waals surface area contributed by atoms with Crippen LogP contribution in [0.5, 0.6) is 0 Å². The summed E-state index contributed by atoms with van der Waals surface area (Å²) in [5, 5.41) is 0. The van der Waals surface area contributed by atoms with Gasteiger partial charge < -0.3 is 0 Å². The lowest BCUT2D eigenvalue weighted by Crippen LogP contribution is -2.22. The van der Waals surface area contributed by atoms with Crippen LogP contribution in [0.4, 0.5) is 0 Å². The maximum atomic E-state index is 11.6. The van der Waals surface area contributed by atoms with Gasteiger partial charge in [-0.05, 0) is 37.7 Å². The molecule has 0 aromatic rings. The molecule has 1 atom stereocenters. The zero-order valence-electron chi connectivity index (χ0n) is 8.01. The summed E-state index contributed by atoms with van der Waals surface area (Å²) >= 11 is 0. The van der Waals surface area contributed by atoms with E-state index in [1.54, 1.807) is 0 Å². The number of rotatable bonds is 2. The first-order valence-electron chi connectivity index (χ1n) is 5.13. The number of carbonyl (C=O) groups excluding carboxylic acids is 1. The van der Waals surface area contributed by atoms with E-state index in [1.165, 1.54) is 12.8 Å². The third kappa shape index (κ3) is 1.27. The number of carbonyl (C=O) groups is 1.